The summed E-state index contributed by atoms with van der Waals surface area (Å²) >= 11 is 1.80. The molecule has 0 spiro atoms. The third-order valence-electron chi connectivity index (χ3n) is 4.17. The molecule has 0 aliphatic heterocycles. The molecule has 1 aliphatic rings. The van der Waals surface area contributed by atoms with Crippen molar-refractivity contribution in [3.8, 4) is 0 Å². The molecule has 0 heterocycles. The van der Waals surface area contributed by atoms with E-state index in [1.807, 2.05) is 0 Å². The van der Waals surface area contributed by atoms with Gasteiger partial charge in [0.15, 0.2) is 11.6 Å². The zero-order valence-corrected chi connectivity index (χ0v) is 14.0. The third-order valence-corrected chi connectivity index (χ3v) is 5.27. The smallest absolute Gasteiger partial charge is 0.315 e. The fraction of sp³-hybridized carbons (Fsp3) is 0.562. The van der Waals surface area contributed by atoms with E-state index in [0.29, 0.717) is 5.25 Å². The minimum atomic E-state index is -1.11. The highest BCUT2D eigenvalue weighted by Crippen LogP contribution is 2.28. The van der Waals surface area contributed by atoms with Gasteiger partial charge in [0.2, 0.25) is 0 Å². The van der Waals surface area contributed by atoms with Gasteiger partial charge in [-0.2, -0.15) is 11.8 Å². The number of amides is 2. The minimum absolute atomic E-state index is 0.139. The number of carbonyl (C=O) groups excluding carboxylic acids is 1. The number of aliphatic hydroxyl groups excluding tert-OH is 1. The molecule has 7 heteroatoms. The van der Waals surface area contributed by atoms with E-state index in [1.165, 1.54) is 6.07 Å². The molecule has 0 bridgehead atoms. The van der Waals surface area contributed by atoms with Gasteiger partial charge >= 0.3 is 6.03 Å². The largest absolute Gasteiger partial charge is 0.386 e. The number of halogens is 2. The van der Waals surface area contributed by atoms with Crippen LogP contribution in [0.15, 0.2) is 18.2 Å². The predicted octanol–water partition coefficient (Wildman–Crippen LogP) is 2.97. The zero-order chi connectivity index (χ0) is 17.0. The molecule has 0 radical (unpaired) electrons. The average Bonchev–Trinajstić information content (AvgIpc) is 2.96. The van der Waals surface area contributed by atoms with Crippen LogP contribution in [0.2, 0.25) is 0 Å². The first-order chi connectivity index (χ1) is 10.9. The van der Waals surface area contributed by atoms with Crippen molar-refractivity contribution in [3.63, 3.8) is 0 Å². The Balaban J connectivity index is 1.86. The Bertz CT molecular complexity index is 559. The van der Waals surface area contributed by atoms with Gasteiger partial charge in [0.25, 0.3) is 0 Å². The normalized spacial score (nSPS) is 23.3. The van der Waals surface area contributed by atoms with Crippen LogP contribution in [0, 0.1) is 11.6 Å². The van der Waals surface area contributed by atoms with Crippen LogP contribution < -0.4 is 10.6 Å². The summed E-state index contributed by atoms with van der Waals surface area (Å²) in [4.78, 5) is 12.0. The highest BCUT2D eigenvalue weighted by molar-refractivity contribution is 7.99. The summed E-state index contributed by atoms with van der Waals surface area (Å²) in [7, 11) is 0. The van der Waals surface area contributed by atoms with Crippen LogP contribution in [0.4, 0.5) is 13.6 Å². The van der Waals surface area contributed by atoms with E-state index >= 15 is 0 Å². The Morgan fingerprint density at radius 2 is 2.09 bits per heavy atom. The lowest BCUT2D eigenvalue weighted by Crippen LogP contribution is -2.46. The fourth-order valence-corrected chi connectivity index (χ4v) is 3.58. The first-order valence-corrected chi connectivity index (χ1v) is 8.92. The molecule has 1 aromatic carbocycles. The highest BCUT2D eigenvalue weighted by atomic mass is 32.2. The molecule has 1 aliphatic carbocycles. The number of aliphatic hydroxyl groups is 1. The van der Waals surface area contributed by atoms with Gasteiger partial charge in [-0.15, -0.1) is 0 Å². The first kappa shape index (κ1) is 18.0. The Morgan fingerprint density at radius 3 is 2.70 bits per heavy atom. The molecule has 0 saturated heterocycles. The van der Waals surface area contributed by atoms with Crippen LogP contribution in [0.3, 0.4) is 0 Å². The molecule has 23 heavy (non-hydrogen) atoms. The number of rotatable bonds is 5. The molecular formula is C16H22F2N2O2S. The van der Waals surface area contributed by atoms with E-state index in [0.717, 1.165) is 31.4 Å². The number of thioether (sulfide) groups is 1. The molecule has 4 nitrogen and oxygen atoms in total. The van der Waals surface area contributed by atoms with Crippen molar-refractivity contribution in [1.82, 2.24) is 10.6 Å². The number of nitrogens with one attached hydrogen (secondary N) is 2. The summed E-state index contributed by atoms with van der Waals surface area (Å²) < 4.78 is 26.1. The van der Waals surface area contributed by atoms with Crippen LogP contribution in [0.25, 0.3) is 0 Å². The van der Waals surface area contributed by atoms with Gasteiger partial charge in [-0.3, -0.25) is 0 Å². The molecule has 4 atom stereocenters. The lowest BCUT2D eigenvalue weighted by molar-refractivity contribution is 0.136. The molecule has 0 aromatic heterocycles. The van der Waals surface area contributed by atoms with Crippen LogP contribution in [0.1, 0.15) is 37.9 Å². The first-order valence-electron chi connectivity index (χ1n) is 7.63. The summed E-state index contributed by atoms with van der Waals surface area (Å²) in [5.74, 6) is -1.99. The average molecular weight is 344 g/mol. The number of hydrogen-bond donors (Lipinski definition) is 3. The van der Waals surface area contributed by atoms with Gasteiger partial charge in [0, 0.05) is 11.3 Å². The monoisotopic (exact) mass is 344 g/mol. The maximum atomic E-state index is 13.2. The topological polar surface area (TPSA) is 61.4 Å². The van der Waals surface area contributed by atoms with Gasteiger partial charge in [0.05, 0.1) is 12.1 Å². The van der Waals surface area contributed by atoms with Crippen molar-refractivity contribution < 1.29 is 18.7 Å². The molecule has 128 valence electrons. The maximum absolute atomic E-state index is 13.2. The second-order valence-corrected chi connectivity index (χ2v) is 7.03. The SMILES string of the molecule is CSC1CCC(NC(=O)NC(C)C(O)c2ccc(F)c(F)c2)C1. The van der Waals surface area contributed by atoms with E-state index in [9.17, 15) is 18.7 Å². The number of carbonyl (C=O) groups is 1. The molecule has 1 saturated carbocycles. The van der Waals surface area contributed by atoms with Crippen molar-refractivity contribution >= 4 is 17.8 Å². The molecular weight excluding hydrogens is 322 g/mol. The van der Waals surface area contributed by atoms with Crippen molar-refractivity contribution in [2.24, 2.45) is 0 Å². The molecule has 1 aromatic rings. The Kier molecular flexibility index (Phi) is 6.24. The Morgan fingerprint density at radius 1 is 1.35 bits per heavy atom. The summed E-state index contributed by atoms with van der Waals surface area (Å²) in [6.07, 6.45) is 3.92. The van der Waals surface area contributed by atoms with Crippen molar-refractivity contribution in [1.29, 1.82) is 0 Å². The van der Waals surface area contributed by atoms with Crippen molar-refractivity contribution in [3.05, 3.63) is 35.4 Å². The van der Waals surface area contributed by atoms with E-state index < -0.39 is 23.8 Å². The van der Waals surface area contributed by atoms with E-state index in [2.05, 4.69) is 16.9 Å². The quantitative estimate of drug-likeness (QED) is 0.770. The molecule has 4 unspecified atom stereocenters. The lowest BCUT2D eigenvalue weighted by atomic mass is 10.0. The van der Waals surface area contributed by atoms with E-state index in [4.69, 9.17) is 0 Å². The van der Waals surface area contributed by atoms with Gasteiger partial charge in [-0.05, 0) is 50.1 Å². The molecule has 1 fully saturated rings. The van der Waals surface area contributed by atoms with Gasteiger partial charge in [-0.25, -0.2) is 13.6 Å². The number of hydrogen-bond acceptors (Lipinski definition) is 3. The van der Waals surface area contributed by atoms with Crippen LogP contribution in [-0.4, -0.2) is 34.7 Å². The highest BCUT2D eigenvalue weighted by Gasteiger charge is 2.26. The third kappa shape index (κ3) is 4.81. The van der Waals surface area contributed by atoms with Crippen LogP contribution in [0.5, 0.6) is 0 Å². The zero-order valence-electron chi connectivity index (χ0n) is 13.2. The van der Waals surface area contributed by atoms with E-state index in [-0.39, 0.29) is 17.6 Å². The van der Waals surface area contributed by atoms with Gasteiger partial charge in [0.1, 0.15) is 0 Å². The van der Waals surface area contributed by atoms with Crippen molar-refractivity contribution in [2.75, 3.05) is 6.26 Å². The lowest BCUT2D eigenvalue weighted by Gasteiger charge is -2.22. The molecule has 3 N–H and O–H groups in total. The van der Waals surface area contributed by atoms with Crippen LogP contribution >= 0.6 is 11.8 Å². The van der Waals surface area contributed by atoms with Crippen molar-refractivity contribution in [2.45, 2.75) is 49.6 Å². The second-order valence-electron chi connectivity index (χ2n) is 5.89. The summed E-state index contributed by atoms with van der Waals surface area (Å²) in [6.45, 7) is 1.62. The molecule has 2 rings (SSSR count). The summed E-state index contributed by atoms with van der Waals surface area (Å²) in [5, 5.41) is 16.3. The Hall–Kier alpha value is -1.34. The van der Waals surface area contributed by atoms with Crippen LogP contribution in [-0.2, 0) is 0 Å². The maximum Gasteiger partial charge on any atom is 0.315 e. The van der Waals surface area contributed by atoms with Gasteiger partial charge in [-0.1, -0.05) is 6.07 Å². The fourth-order valence-electron chi connectivity index (χ4n) is 2.78. The predicted molar refractivity (Wildman–Crippen MR) is 87.4 cm³/mol. The number of urea groups is 1. The minimum Gasteiger partial charge on any atom is -0.386 e. The number of benzene rings is 1. The summed E-state index contributed by atoms with van der Waals surface area (Å²) in [5.41, 5.74) is 0.222. The van der Waals surface area contributed by atoms with Gasteiger partial charge < -0.3 is 15.7 Å². The summed E-state index contributed by atoms with van der Waals surface area (Å²) in [6, 6.07) is 2.36. The second kappa shape index (κ2) is 7.97. The standard InChI is InChI=1S/C16H22F2N2O2S/c1-9(15(21)10-3-6-13(17)14(18)7-10)19-16(22)20-11-4-5-12(8-11)23-2/h3,6-7,9,11-12,15,21H,4-5,8H2,1-2H3,(H2,19,20,22). The van der Waals surface area contributed by atoms with E-state index in [1.54, 1.807) is 18.7 Å². The Labute approximate surface area is 139 Å². The molecule has 2 amide bonds.